The van der Waals surface area contributed by atoms with Crippen LogP contribution >= 0.6 is 0 Å². The summed E-state index contributed by atoms with van der Waals surface area (Å²) in [7, 11) is 1.60. The maximum Gasteiger partial charge on any atom is 0.180 e. The lowest BCUT2D eigenvalue weighted by atomic mass is 9.73. The number of benzene rings is 1. The third-order valence-corrected chi connectivity index (χ3v) is 5.47. The summed E-state index contributed by atoms with van der Waals surface area (Å²) >= 11 is 0. The molecule has 5 heteroatoms. The highest BCUT2D eigenvalue weighted by Gasteiger charge is 2.46. The van der Waals surface area contributed by atoms with Crippen molar-refractivity contribution in [2.45, 2.75) is 12.5 Å². The summed E-state index contributed by atoms with van der Waals surface area (Å²) in [6, 6.07) is 7.05. The quantitative estimate of drug-likeness (QED) is 0.634. The number of hydrogen-bond acceptors (Lipinski definition) is 5. The van der Waals surface area contributed by atoms with Gasteiger partial charge in [0.15, 0.2) is 11.6 Å². The van der Waals surface area contributed by atoms with Crippen molar-refractivity contribution in [3.8, 4) is 5.75 Å². The number of Topliss-reactive ketones (excluding diaryl/α,β-unsaturated/α-hetero) is 2. The Bertz CT molecular complexity index is 876. The molecular formula is C20H20N2O3. The van der Waals surface area contributed by atoms with Crippen LogP contribution in [0.5, 0.6) is 5.75 Å². The van der Waals surface area contributed by atoms with Crippen LogP contribution in [0.3, 0.4) is 0 Å². The first-order chi connectivity index (χ1) is 12.1. The van der Waals surface area contributed by atoms with Crippen LogP contribution in [0, 0.1) is 11.8 Å². The predicted molar refractivity (Wildman–Crippen MR) is 94.8 cm³/mol. The summed E-state index contributed by atoms with van der Waals surface area (Å²) < 4.78 is 5.29. The van der Waals surface area contributed by atoms with Crippen LogP contribution in [0.2, 0.25) is 0 Å². The molecule has 0 radical (unpaired) electrons. The van der Waals surface area contributed by atoms with E-state index in [1.165, 1.54) is 0 Å². The van der Waals surface area contributed by atoms with Gasteiger partial charge in [0, 0.05) is 29.6 Å². The molecule has 0 spiro atoms. The standard InChI is InChI=1S/C20H20N2O3/c1-3-12-10-22-11-19(23)15(12)9-18(22)20(24)14-6-7-21-17-5-4-13(25-2)8-16(14)17/h3-8,12,15,18H,1,9-11H2,2H3. The molecule has 4 unspecified atom stereocenters. The minimum atomic E-state index is -0.254. The topological polar surface area (TPSA) is 59.5 Å². The molecule has 2 aromatic rings. The lowest BCUT2D eigenvalue weighted by Gasteiger charge is -2.47. The Labute approximate surface area is 146 Å². The summed E-state index contributed by atoms with van der Waals surface area (Å²) in [6.07, 6.45) is 4.08. The summed E-state index contributed by atoms with van der Waals surface area (Å²) in [6.45, 7) is 4.92. The Kier molecular flexibility index (Phi) is 3.88. The zero-order chi connectivity index (χ0) is 17.6. The molecule has 0 amide bonds. The molecule has 1 aromatic heterocycles. The van der Waals surface area contributed by atoms with E-state index in [1.54, 1.807) is 19.4 Å². The smallest absolute Gasteiger partial charge is 0.180 e. The zero-order valence-electron chi connectivity index (χ0n) is 14.1. The van der Waals surface area contributed by atoms with Crippen LogP contribution < -0.4 is 4.74 Å². The van der Waals surface area contributed by atoms with Crippen molar-refractivity contribution in [2.24, 2.45) is 11.8 Å². The number of aromatic nitrogens is 1. The van der Waals surface area contributed by atoms with Crippen LogP contribution in [0.1, 0.15) is 16.8 Å². The van der Waals surface area contributed by atoms with Gasteiger partial charge in [-0.15, -0.1) is 6.58 Å². The molecule has 2 bridgehead atoms. The van der Waals surface area contributed by atoms with Gasteiger partial charge in [0.2, 0.25) is 0 Å². The van der Waals surface area contributed by atoms with E-state index in [4.69, 9.17) is 4.74 Å². The average molecular weight is 336 g/mol. The first-order valence-electron chi connectivity index (χ1n) is 8.48. The Morgan fingerprint density at radius 1 is 1.40 bits per heavy atom. The van der Waals surface area contributed by atoms with E-state index in [1.807, 2.05) is 29.2 Å². The van der Waals surface area contributed by atoms with Crippen LogP contribution in [0.4, 0.5) is 0 Å². The van der Waals surface area contributed by atoms with Crippen molar-refractivity contribution >= 4 is 22.5 Å². The van der Waals surface area contributed by atoms with E-state index in [0.717, 1.165) is 17.4 Å². The van der Waals surface area contributed by atoms with E-state index in [9.17, 15) is 9.59 Å². The maximum atomic E-state index is 13.3. The van der Waals surface area contributed by atoms with Gasteiger partial charge in [0.25, 0.3) is 0 Å². The fourth-order valence-corrected chi connectivity index (χ4v) is 4.11. The fourth-order valence-electron chi connectivity index (χ4n) is 4.11. The number of nitrogens with zero attached hydrogens (tertiary/aromatic N) is 2. The number of rotatable bonds is 4. The molecule has 0 saturated carbocycles. The van der Waals surface area contributed by atoms with E-state index in [0.29, 0.717) is 24.3 Å². The highest BCUT2D eigenvalue weighted by atomic mass is 16.5. The lowest BCUT2D eigenvalue weighted by molar-refractivity contribution is -0.134. The number of pyridine rings is 1. The van der Waals surface area contributed by atoms with Crippen LogP contribution in [-0.4, -0.2) is 47.7 Å². The molecule has 5 nitrogen and oxygen atoms in total. The van der Waals surface area contributed by atoms with Crippen molar-refractivity contribution < 1.29 is 14.3 Å². The third-order valence-electron chi connectivity index (χ3n) is 5.47. The Morgan fingerprint density at radius 2 is 2.24 bits per heavy atom. The number of hydrogen-bond donors (Lipinski definition) is 0. The van der Waals surface area contributed by atoms with Gasteiger partial charge in [-0.25, -0.2) is 0 Å². The number of ketones is 2. The van der Waals surface area contributed by atoms with Gasteiger partial charge in [0.1, 0.15) is 5.75 Å². The van der Waals surface area contributed by atoms with Gasteiger partial charge in [-0.3, -0.25) is 19.5 Å². The molecule has 3 aliphatic heterocycles. The van der Waals surface area contributed by atoms with Crippen molar-refractivity contribution in [1.29, 1.82) is 0 Å². The van der Waals surface area contributed by atoms with Crippen molar-refractivity contribution in [3.05, 3.63) is 48.7 Å². The summed E-state index contributed by atoms with van der Waals surface area (Å²) in [5, 5.41) is 0.793. The molecule has 1 aromatic carbocycles. The molecule has 4 atom stereocenters. The minimum absolute atomic E-state index is 0.0562. The monoisotopic (exact) mass is 336 g/mol. The van der Waals surface area contributed by atoms with Gasteiger partial charge in [0.05, 0.1) is 25.2 Å². The van der Waals surface area contributed by atoms with E-state index in [-0.39, 0.29) is 29.4 Å². The minimum Gasteiger partial charge on any atom is -0.497 e. The van der Waals surface area contributed by atoms with Crippen molar-refractivity contribution in [2.75, 3.05) is 20.2 Å². The van der Waals surface area contributed by atoms with Crippen molar-refractivity contribution in [3.63, 3.8) is 0 Å². The van der Waals surface area contributed by atoms with E-state index >= 15 is 0 Å². The number of piperidine rings is 3. The van der Waals surface area contributed by atoms with Crippen LogP contribution in [0.15, 0.2) is 43.1 Å². The van der Waals surface area contributed by atoms with Crippen LogP contribution in [0.25, 0.3) is 10.9 Å². The SMILES string of the molecule is C=CC1CN2CC(=O)C1CC2C(=O)c1ccnc2ccc(OC)cc12. The Hall–Kier alpha value is -2.53. The van der Waals surface area contributed by atoms with Crippen LogP contribution in [-0.2, 0) is 4.79 Å². The van der Waals surface area contributed by atoms with Gasteiger partial charge in [-0.2, -0.15) is 0 Å². The van der Waals surface area contributed by atoms with Crippen molar-refractivity contribution in [1.82, 2.24) is 9.88 Å². The van der Waals surface area contributed by atoms with E-state index in [2.05, 4.69) is 11.6 Å². The second-order valence-electron chi connectivity index (χ2n) is 6.76. The van der Waals surface area contributed by atoms with E-state index < -0.39 is 0 Å². The number of ether oxygens (including phenoxy) is 1. The Balaban J connectivity index is 1.71. The van der Waals surface area contributed by atoms with Gasteiger partial charge >= 0.3 is 0 Å². The zero-order valence-corrected chi connectivity index (χ0v) is 14.1. The molecular weight excluding hydrogens is 316 g/mol. The summed E-state index contributed by atoms with van der Waals surface area (Å²) in [5.41, 5.74) is 1.41. The van der Waals surface area contributed by atoms with Gasteiger partial charge in [-0.1, -0.05) is 6.08 Å². The first kappa shape index (κ1) is 16.0. The molecule has 0 N–H and O–H groups in total. The number of carbonyl (C=O) groups excluding carboxylic acids is 2. The molecule has 25 heavy (non-hydrogen) atoms. The number of methoxy groups -OCH3 is 1. The fraction of sp³-hybridized carbons (Fsp3) is 0.350. The molecule has 3 aliphatic rings. The largest absolute Gasteiger partial charge is 0.497 e. The second-order valence-corrected chi connectivity index (χ2v) is 6.76. The number of carbonyl (C=O) groups is 2. The molecule has 4 heterocycles. The summed E-state index contributed by atoms with van der Waals surface area (Å²) in [5.74, 6) is 1.04. The van der Waals surface area contributed by atoms with Gasteiger partial charge < -0.3 is 4.74 Å². The normalized spacial score (nSPS) is 28.1. The highest BCUT2D eigenvalue weighted by molar-refractivity contribution is 6.10. The highest BCUT2D eigenvalue weighted by Crippen LogP contribution is 2.36. The summed E-state index contributed by atoms with van der Waals surface area (Å²) in [4.78, 5) is 31.8. The molecule has 3 saturated heterocycles. The number of fused-ring (bicyclic) bond motifs is 4. The molecule has 5 rings (SSSR count). The predicted octanol–water partition coefficient (Wildman–Crippen LogP) is 2.50. The van der Waals surface area contributed by atoms with Gasteiger partial charge in [-0.05, 0) is 36.6 Å². The maximum absolute atomic E-state index is 13.3. The third kappa shape index (κ3) is 2.55. The first-order valence-corrected chi connectivity index (χ1v) is 8.48. The lowest BCUT2D eigenvalue weighted by Crippen LogP contribution is -2.60. The molecule has 128 valence electrons. The average Bonchev–Trinajstić information content (AvgIpc) is 2.66. The second kappa shape index (κ2) is 6.08. The Morgan fingerprint density at radius 3 is 2.96 bits per heavy atom. The molecule has 3 fully saturated rings. The molecule has 0 aliphatic carbocycles.